The van der Waals surface area contributed by atoms with E-state index in [1.165, 1.54) is 17.0 Å². The molecule has 2 aliphatic rings. The van der Waals surface area contributed by atoms with Crippen molar-refractivity contribution < 1.29 is 33.0 Å². The normalized spacial score (nSPS) is 16.5. The fourth-order valence-corrected chi connectivity index (χ4v) is 5.07. The lowest BCUT2D eigenvalue weighted by Crippen LogP contribution is -2.54. The summed E-state index contributed by atoms with van der Waals surface area (Å²) < 4.78 is 25.6. The fourth-order valence-electron chi connectivity index (χ4n) is 5.07. The predicted molar refractivity (Wildman–Crippen MR) is 138 cm³/mol. The molecule has 0 saturated carbocycles. The number of hydrogen-bond acceptors (Lipinski definition) is 9. The van der Waals surface area contributed by atoms with Crippen LogP contribution in [0, 0.1) is 23.1 Å². The first-order chi connectivity index (χ1) is 19.1. The molecule has 13 heteroatoms. The molecule has 12 nitrogen and oxygen atoms in total. The number of benzene rings is 1. The van der Waals surface area contributed by atoms with Crippen LogP contribution in [-0.2, 0) is 48.8 Å². The molecular weight excluding hydrogens is 523 g/mol. The lowest BCUT2D eigenvalue weighted by molar-refractivity contribution is -0.178. The van der Waals surface area contributed by atoms with Crippen LogP contribution in [0.15, 0.2) is 24.4 Å². The summed E-state index contributed by atoms with van der Waals surface area (Å²) in [4.78, 5) is 53.9. The molecule has 0 bridgehead atoms. The number of rotatable bonds is 8. The van der Waals surface area contributed by atoms with E-state index in [9.17, 15) is 28.8 Å². The standard InChI is InChI=1S/C27H31FN6O6/c1-16(35)39-24(25(40-17(2)36)27(38)34-14-20-13-31-32(3)23(20)15-34)26(37)30-12-18-6-8-33(9-7-18)22-5-4-21(28)10-19(22)11-29/h4-5,10,13,18,24-25H,6-9,12,14-15H2,1-3H3,(H,30,37)/t24-,25?/m1/s1. The zero-order chi connectivity index (χ0) is 29.0. The zero-order valence-electron chi connectivity index (χ0n) is 22.6. The van der Waals surface area contributed by atoms with Gasteiger partial charge in [-0.1, -0.05) is 0 Å². The molecule has 1 aromatic carbocycles. The monoisotopic (exact) mass is 554 g/mol. The van der Waals surface area contributed by atoms with Crippen molar-refractivity contribution in [3.05, 3.63) is 47.0 Å². The highest BCUT2D eigenvalue weighted by Crippen LogP contribution is 2.27. The van der Waals surface area contributed by atoms with Crippen LogP contribution in [-0.4, -0.2) is 70.3 Å². The lowest BCUT2D eigenvalue weighted by Gasteiger charge is -2.34. The number of nitrogens with one attached hydrogen (secondary N) is 1. The van der Waals surface area contributed by atoms with Gasteiger partial charge in [0.05, 0.1) is 29.7 Å². The SMILES string of the molecule is CC(=O)OC(C(=O)N1Cc2cnn(C)c2C1)[C@@H](OC(C)=O)C(=O)NCC1CCN(c2ccc(F)cc2C#N)CC1. The number of aromatic nitrogens is 2. The van der Waals surface area contributed by atoms with Crippen molar-refractivity contribution >= 4 is 29.4 Å². The number of hydrogen-bond donors (Lipinski definition) is 1. The van der Waals surface area contributed by atoms with E-state index in [-0.39, 0.29) is 31.1 Å². The van der Waals surface area contributed by atoms with E-state index in [4.69, 9.17) is 9.47 Å². The number of carbonyl (C=O) groups excluding carboxylic acids is 4. The summed E-state index contributed by atoms with van der Waals surface area (Å²) >= 11 is 0. The van der Waals surface area contributed by atoms with Crippen LogP contribution in [0.25, 0.3) is 0 Å². The maximum absolute atomic E-state index is 13.5. The van der Waals surface area contributed by atoms with E-state index in [1.54, 1.807) is 24.0 Å². The summed E-state index contributed by atoms with van der Waals surface area (Å²) in [5.74, 6) is -3.43. The second-order valence-corrected chi connectivity index (χ2v) is 9.94. The van der Waals surface area contributed by atoms with Gasteiger partial charge in [-0.2, -0.15) is 10.4 Å². The topological polar surface area (TPSA) is 147 Å². The Bertz CT molecular complexity index is 1350. The first-order valence-electron chi connectivity index (χ1n) is 12.9. The molecule has 1 saturated heterocycles. The van der Waals surface area contributed by atoms with Gasteiger partial charge in [0, 0.05) is 52.6 Å². The molecule has 0 aliphatic carbocycles. The maximum Gasteiger partial charge on any atom is 0.303 e. The molecule has 2 aromatic rings. The van der Waals surface area contributed by atoms with Gasteiger partial charge in [-0.05, 0) is 37.0 Å². The molecular formula is C27H31FN6O6. The van der Waals surface area contributed by atoms with Gasteiger partial charge in [0.15, 0.2) is 0 Å². The number of anilines is 1. The molecule has 40 heavy (non-hydrogen) atoms. The van der Waals surface area contributed by atoms with Crippen molar-refractivity contribution in [1.29, 1.82) is 5.26 Å². The molecule has 212 valence electrons. The number of halogens is 1. The van der Waals surface area contributed by atoms with Crippen molar-refractivity contribution in [1.82, 2.24) is 20.0 Å². The summed E-state index contributed by atoms with van der Waals surface area (Å²) in [5.41, 5.74) is 2.57. The number of aryl methyl sites for hydroxylation is 1. The highest BCUT2D eigenvalue weighted by Gasteiger charge is 2.43. The Balaban J connectivity index is 1.40. The molecule has 1 fully saturated rings. The number of nitriles is 1. The van der Waals surface area contributed by atoms with Crippen LogP contribution in [0.2, 0.25) is 0 Å². The zero-order valence-corrected chi connectivity index (χ0v) is 22.6. The Kier molecular flexibility index (Phi) is 8.67. The van der Waals surface area contributed by atoms with Gasteiger partial charge >= 0.3 is 11.9 Å². The lowest BCUT2D eigenvalue weighted by atomic mass is 9.95. The molecule has 3 heterocycles. The van der Waals surface area contributed by atoms with E-state index in [0.717, 1.165) is 25.1 Å². The van der Waals surface area contributed by atoms with Gasteiger partial charge in [0.2, 0.25) is 12.2 Å². The third kappa shape index (κ3) is 6.39. The first-order valence-corrected chi connectivity index (χ1v) is 12.9. The highest BCUT2D eigenvalue weighted by molar-refractivity contribution is 5.93. The van der Waals surface area contributed by atoms with Crippen molar-refractivity contribution in [3.8, 4) is 6.07 Å². The quantitative estimate of drug-likeness (QED) is 0.475. The van der Waals surface area contributed by atoms with E-state index in [0.29, 0.717) is 31.6 Å². The smallest absolute Gasteiger partial charge is 0.303 e. The Morgan fingerprint density at radius 2 is 1.80 bits per heavy atom. The number of carbonyl (C=O) groups is 4. The van der Waals surface area contributed by atoms with Crippen molar-refractivity contribution in [2.24, 2.45) is 13.0 Å². The second kappa shape index (κ2) is 12.1. The van der Waals surface area contributed by atoms with Gasteiger partial charge in [-0.15, -0.1) is 0 Å². The number of ether oxygens (including phenoxy) is 2. The average Bonchev–Trinajstić information content (AvgIpc) is 3.50. The van der Waals surface area contributed by atoms with Crippen LogP contribution < -0.4 is 10.2 Å². The molecule has 0 radical (unpaired) electrons. The van der Waals surface area contributed by atoms with E-state index in [1.807, 2.05) is 11.0 Å². The van der Waals surface area contributed by atoms with Crippen molar-refractivity contribution in [2.75, 3.05) is 24.5 Å². The van der Waals surface area contributed by atoms with Crippen LogP contribution in [0.5, 0.6) is 0 Å². The summed E-state index contributed by atoms with van der Waals surface area (Å²) in [6.07, 6.45) is -0.343. The van der Waals surface area contributed by atoms with Gasteiger partial charge < -0.3 is 24.6 Å². The summed E-state index contributed by atoms with van der Waals surface area (Å²) in [5, 5.41) is 16.3. The van der Waals surface area contributed by atoms with E-state index >= 15 is 0 Å². The molecule has 2 amide bonds. The second-order valence-electron chi connectivity index (χ2n) is 9.94. The van der Waals surface area contributed by atoms with E-state index in [2.05, 4.69) is 10.4 Å². The minimum absolute atomic E-state index is 0.0626. The summed E-state index contributed by atoms with van der Waals surface area (Å²) in [7, 11) is 1.75. The van der Waals surface area contributed by atoms with Crippen LogP contribution >= 0.6 is 0 Å². The highest BCUT2D eigenvalue weighted by atomic mass is 19.1. The third-order valence-corrected chi connectivity index (χ3v) is 7.12. The molecule has 1 aromatic heterocycles. The van der Waals surface area contributed by atoms with E-state index < -0.39 is 41.8 Å². The summed E-state index contributed by atoms with van der Waals surface area (Å²) in [6, 6.07) is 6.13. The summed E-state index contributed by atoms with van der Waals surface area (Å²) in [6.45, 7) is 4.05. The molecule has 4 rings (SSSR count). The van der Waals surface area contributed by atoms with Crippen molar-refractivity contribution in [2.45, 2.75) is 52.0 Å². The van der Waals surface area contributed by atoms with Crippen LogP contribution in [0.3, 0.4) is 0 Å². The minimum Gasteiger partial charge on any atom is -0.448 e. The molecule has 1 N–H and O–H groups in total. The number of fused-ring (bicyclic) bond motifs is 1. The van der Waals surface area contributed by atoms with Gasteiger partial charge in [-0.3, -0.25) is 23.9 Å². The maximum atomic E-state index is 13.5. The predicted octanol–water partition coefficient (Wildman–Crippen LogP) is 1.17. The number of piperidine rings is 1. The number of amides is 2. The molecule has 1 unspecified atom stereocenters. The van der Waals surface area contributed by atoms with Gasteiger partial charge in [0.25, 0.3) is 11.8 Å². The Morgan fingerprint density at radius 3 is 2.42 bits per heavy atom. The van der Waals surface area contributed by atoms with Crippen LogP contribution in [0.1, 0.15) is 43.5 Å². The molecule has 2 atom stereocenters. The third-order valence-electron chi connectivity index (χ3n) is 7.12. The Labute approximate surface area is 230 Å². The van der Waals surface area contributed by atoms with Gasteiger partial charge in [-0.25, -0.2) is 4.39 Å². The largest absolute Gasteiger partial charge is 0.448 e. The number of esters is 2. The number of nitrogens with zero attached hydrogens (tertiary/aromatic N) is 5. The van der Waals surface area contributed by atoms with Crippen LogP contribution in [0.4, 0.5) is 10.1 Å². The Morgan fingerprint density at radius 1 is 1.12 bits per heavy atom. The fraction of sp³-hybridized carbons (Fsp3) is 0.481. The first kappa shape index (κ1) is 28.5. The molecule has 0 spiro atoms. The Hall–Kier alpha value is -4.47. The molecule has 2 aliphatic heterocycles. The minimum atomic E-state index is -1.67. The van der Waals surface area contributed by atoms with Gasteiger partial charge in [0.1, 0.15) is 11.9 Å². The van der Waals surface area contributed by atoms with Crippen molar-refractivity contribution in [3.63, 3.8) is 0 Å². The average molecular weight is 555 g/mol.